The number of rotatable bonds is 2. The number of pyridine rings is 2. The van der Waals surface area contributed by atoms with Crippen LogP contribution >= 0.6 is 0 Å². The van der Waals surface area contributed by atoms with Crippen LogP contribution in [-0.4, -0.2) is 4.98 Å². The molecule has 0 aliphatic rings. The van der Waals surface area contributed by atoms with Gasteiger partial charge in [-0.25, -0.2) is 9.55 Å². The normalized spacial score (nSPS) is 11.4. The molecule has 0 unspecified atom stereocenters. The number of hydrogen-bond acceptors (Lipinski definition) is 2. The molecular formula is C26H23N2O+. The molecule has 0 bridgehead atoms. The molecule has 0 spiro atoms. The van der Waals surface area contributed by atoms with Gasteiger partial charge in [-0.15, -0.1) is 0 Å². The van der Waals surface area contributed by atoms with Crippen LogP contribution in [0.1, 0.15) is 16.8 Å². The Morgan fingerprint density at radius 3 is 2.41 bits per heavy atom. The maximum atomic E-state index is 6.31. The first kappa shape index (κ1) is 17.6. The standard InChI is InChI=1S/C26H23N2O/c1-16-10-12-20(25-24(16)21-13-11-18(3)27-26(21)29-25)23-14-22(17(2)15-28(23)4)19-8-6-5-7-9-19/h5-15H,1-4H3/q+1. The zero-order valence-corrected chi connectivity index (χ0v) is 17.2. The number of furan rings is 1. The number of fused-ring (bicyclic) bond motifs is 3. The van der Waals surface area contributed by atoms with Crippen LogP contribution in [0, 0.1) is 20.8 Å². The Balaban J connectivity index is 1.82. The van der Waals surface area contributed by atoms with Crippen molar-refractivity contribution in [3.8, 4) is 22.4 Å². The fraction of sp³-hybridized carbons (Fsp3) is 0.154. The Kier molecular flexibility index (Phi) is 3.99. The number of hydrogen-bond donors (Lipinski definition) is 0. The van der Waals surface area contributed by atoms with Crippen molar-refractivity contribution in [2.45, 2.75) is 20.8 Å². The van der Waals surface area contributed by atoms with Gasteiger partial charge in [-0.2, -0.15) is 0 Å². The number of aryl methyl sites for hydroxylation is 4. The molecule has 2 aromatic carbocycles. The van der Waals surface area contributed by atoms with Crippen LogP contribution in [0.4, 0.5) is 0 Å². The van der Waals surface area contributed by atoms with Crippen LogP contribution in [0.3, 0.4) is 0 Å². The van der Waals surface area contributed by atoms with Gasteiger partial charge in [-0.05, 0) is 55.7 Å². The summed E-state index contributed by atoms with van der Waals surface area (Å²) in [7, 11) is 2.09. The zero-order chi connectivity index (χ0) is 20.1. The van der Waals surface area contributed by atoms with Crippen molar-refractivity contribution in [2.75, 3.05) is 0 Å². The van der Waals surface area contributed by atoms with Gasteiger partial charge >= 0.3 is 0 Å². The summed E-state index contributed by atoms with van der Waals surface area (Å²) in [6.07, 6.45) is 2.19. The zero-order valence-electron chi connectivity index (χ0n) is 17.2. The van der Waals surface area contributed by atoms with Crippen LogP contribution < -0.4 is 4.57 Å². The molecule has 3 heteroatoms. The first-order valence-corrected chi connectivity index (χ1v) is 9.88. The smallest absolute Gasteiger partial charge is 0.227 e. The van der Waals surface area contributed by atoms with Crippen LogP contribution in [0.2, 0.25) is 0 Å². The van der Waals surface area contributed by atoms with E-state index in [1.165, 1.54) is 22.3 Å². The lowest BCUT2D eigenvalue weighted by atomic mass is 9.97. The highest BCUT2D eigenvalue weighted by molar-refractivity contribution is 6.09. The third-order valence-corrected chi connectivity index (χ3v) is 5.67. The van der Waals surface area contributed by atoms with Crippen molar-refractivity contribution in [1.29, 1.82) is 0 Å². The van der Waals surface area contributed by atoms with E-state index in [-0.39, 0.29) is 0 Å². The van der Waals surface area contributed by atoms with Gasteiger partial charge in [0.15, 0.2) is 11.8 Å². The predicted octanol–water partition coefficient (Wildman–Crippen LogP) is 6.06. The summed E-state index contributed by atoms with van der Waals surface area (Å²) in [5.74, 6) is 0. The quantitative estimate of drug-likeness (QED) is 0.349. The molecule has 29 heavy (non-hydrogen) atoms. The minimum Gasteiger partial charge on any atom is -0.437 e. The Morgan fingerprint density at radius 1 is 0.828 bits per heavy atom. The van der Waals surface area contributed by atoms with Crippen molar-refractivity contribution >= 4 is 22.1 Å². The van der Waals surface area contributed by atoms with E-state index in [9.17, 15) is 0 Å². The van der Waals surface area contributed by atoms with E-state index < -0.39 is 0 Å². The highest BCUT2D eigenvalue weighted by Gasteiger charge is 2.21. The van der Waals surface area contributed by atoms with E-state index in [4.69, 9.17) is 4.42 Å². The van der Waals surface area contributed by atoms with Crippen molar-refractivity contribution in [2.24, 2.45) is 7.05 Å². The third-order valence-electron chi connectivity index (χ3n) is 5.67. The summed E-state index contributed by atoms with van der Waals surface area (Å²) in [6.45, 7) is 6.28. The minimum absolute atomic E-state index is 0.702. The molecule has 0 N–H and O–H groups in total. The second-order valence-corrected chi connectivity index (χ2v) is 7.77. The molecule has 0 fully saturated rings. The van der Waals surface area contributed by atoms with Crippen LogP contribution in [0.5, 0.6) is 0 Å². The van der Waals surface area contributed by atoms with Crippen molar-refractivity contribution < 1.29 is 8.98 Å². The molecular weight excluding hydrogens is 356 g/mol. The molecule has 0 amide bonds. The average molecular weight is 379 g/mol. The van der Waals surface area contributed by atoms with Gasteiger partial charge in [0.1, 0.15) is 7.05 Å². The monoisotopic (exact) mass is 379 g/mol. The predicted molar refractivity (Wildman–Crippen MR) is 118 cm³/mol. The molecule has 0 saturated heterocycles. The Morgan fingerprint density at radius 2 is 1.62 bits per heavy atom. The van der Waals surface area contributed by atoms with Gasteiger partial charge in [0, 0.05) is 28.1 Å². The number of benzene rings is 2. The third kappa shape index (κ3) is 2.82. The van der Waals surface area contributed by atoms with E-state index in [1.807, 2.05) is 13.0 Å². The summed E-state index contributed by atoms with van der Waals surface area (Å²) in [6, 6.07) is 21.3. The second kappa shape index (κ2) is 6.56. The topological polar surface area (TPSA) is 29.9 Å². The maximum Gasteiger partial charge on any atom is 0.227 e. The summed E-state index contributed by atoms with van der Waals surface area (Å²) in [5.41, 5.74) is 9.66. The molecule has 3 nitrogen and oxygen atoms in total. The highest BCUT2D eigenvalue weighted by Crippen LogP contribution is 2.37. The van der Waals surface area contributed by atoms with Crippen molar-refractivity contribution in [3.05, 3.63) is 83.7 Å². The molecule has 3 aromatic heterocycles. The van der Waals surface area contributed by atoms with E-state index >= 15 is 0 Å². The van der Waals surface area contributed by atoms with Crippen LogP contribution in [-0.2, 0) is 7.05 Å². The van der Waals surface area contributed by atoms with Crippen LogP contribution in [0.15, 0.2) is 71.3 Å². The first-order valence-electron chi connectivity index (χ1n) is 9.88. The Labute approximate surface area is 170 Å². The fourth-order valence-corrected chi connectivity index (χ4v) is 4.20. The molecule has 0 atom stereocenters. The number of nitrogens with zero attached hydrogens (tertiary/aromatic N) is 2. The van der Waals surface area contributed by atoms with E-state index in [0.29, 0.717) is 5.71 Å². The van der Waals surface area contributed by atoms with E-state index in [1.54, 1.807) is 0 Å². The second-order valence-electron chi connectivity index (χ2n) is 7.77. The van der Waals surface area contributed by atoms with Gasteiger partial charge in [-0.1, -0.05) is 36.4 Å². The van der Waals surface area contributed by atoms with Crippen LogP contribution in [0.25, 0.3) is 44.5 Å². The van der Waals surface area contributed by atoms with Gasteiger partial charge in [0.25, 0.3) is 0 Å². The van der Waals surface area contributed by atoms with E-state index in [0.717, 1.165) is 33.3 Å². The maximum absolute atomic E-state index is 6.31. The van der Waals surface area contributed by atoms with Crippen molar-refractivity contribution in [1.82, 2.24) is 4.98 Å². The molecule has 3 heterocycles. The lowest BCUT2D eigenvalue weighted by Crippen LogP contribution is -2.31. The average Bonchev–Trinajstić information content (AvgIpc) is 3.09. The highest BCUT2D eigenvalue weighted by atomic mass is 16.3. The molecule has 5 rings (SSSR count). The largest absolute Gasteiger partial charge is 0.437 e. The fourth-order valence-electron chi connectivity index (χ4n) is 4.20. The molecule has 0 saturated carbocycles. The van der Waals surface area contributed by atoms with Gasteiger partial charge < -0.3 is 4.42 Å². The summed E-state index contributed by atoms with van der Waals surface area (Å²) in [4.78, 5) is 4.62. The van der Waals surface area contributed by atoms with Gasteiger partial charge in [0.05, 0.1) is 5.56 Å². The molecule has 0 aliphatic carbocycles. The molecule has 5 aromatic rings. The summed E-state index contributed by atoms with van der Waals surface area (Å²) >= 11 is 0. The molecule has 142 valence electrons. The SMILES string of the molecule is Cc1ccc2c(n1)oc1c(-c3cc(-c4ccccc4)c(C)c[n+]3C)ccc(C)c12. The lowest BCUT2D eigenvalue weighted by molar-refractivity contribution is -0.660. The lowest BCUT2D eigenvalue weighted by Gasteiger charge is -2.09. The van der Waals surface area contributed by atoms with Crippen molar-refractivity contribution in [3.63, 3.8) is 0 Å². The van der Waals surface area contributed by atoms with Gasteiger partial charge in [-0.3, -0.25) is 0 Å². The summed E-state index contributed by atoms with van der Waals surface area (Å²) in [5, 5.41) is 2.22. The molecule has 0 aliphatic heterocycles. The van der Waals surface area contributed by atoms with E-state index in [2.05, 4.69) is 91.2 Å². The minimum atomic E-state index is 0.702. The first-order chi connectivity index (χ1) is 14.0. The summed E-state index contributed by atoms with van der Waals surface area (Å²) < 4.78 is 8.48. The molecule has 0 radical (unpaired) electrons. The Hall–Kier alpha value is -3.46. The Bertz CT molecular complexity index is 1380. The number of aromatic nitrogens is 2. The van der Waals surface area contributed by atoms with Gasteiger partial charge in [0.2, 0.25) is 11.4 Å².